The molecule has 2 aliphatic heterocycles. The van der Waals surface area contributed by atoms with Crippen molar-refractivity contribution in [3.05, 3.63) is 75.8 Å². The Balaban J connectivity index is 1.70. The van der Waals surface area contributed by atoms with Crippen LogP contribution in [0.25, 0.3) is 0 Å². The maximum absolute atomic E-state index is 13.3. The van der Waals surface area contributed by atoms with Crippen LogP contribution >= 0.6 is 23.2 Å². The van der Waals surface area contributed by atoms with Gasteiger partial charge in [0.25, 0.3) is 10.0 Å². The van der Waals surface area contributed by atoms with Crippen molar-refractivity contribution in [2.24, 2.45) is 16.0 Å². The summed E-state index contributed by atoms with van der Waals surface area (Å²) in [6.07, 6.45) is 4.62. The van der Waals surface area contributed by atoms with E-state index in [2.05, 4.69) is 30.0 Å². The van der Waals surface area contributed by atoms with E-state index in [9.17, 15) is 8.42 Å². The molecule has 2 aromatic rings. The summed E-state index contributed by atoms with van der Waals surface area (Å²) >= 11 is 12.1. The van der Waals surface area contributed by atoms with Crippen LogP contribution < -0.4 is 10.0 Å². The van der Waals surface area contributed by atoms with Crippen molar-refractivity contribution in [1.29, 1.82) is 0 Å². The van der Waals surface area contributed by atoms with Crippen molar-refractivity contribution in [2.75, 3.05) is 19.6 Å². The van der Waals surface area contributed by atoms with Crippen molar-refractivity contribution in [1.82, 2.24) is 15.0 Å². The van der Waals surface area contributed by atoms with Crippen LogP contribution in [0, 0.1) is 5.92 Å². The van der Waals surface area contributed by atoms with E-state index in [0.717, 1.165) is 43.6 Å². The first kappa shape index (κ1) is 26.7. The third kappa shape index (κ3) is 6.88. The second kappa shape index (κ2) is 11.8. The van der Waals surface area contributed by atoms with E-state index in [0.29, 0.717) is 16.6 Å². The quantitative estimate of drug-likeness (QED) is 0.300. The van der Waals surface area contributed by atoms with Crippen molar-refractivity contribution in [3.63, 3.8) is 0 Å². The Morgan fingerprint density at radius 3 is 2.31 bits per heavy atom. The van der Waals surface area contributed by atoms with Crippen molar-refractivity contribution in [2.45, 2.75) is 44.0 Å². The molecular formula is C26H31Cl2N5O2S. The summed E-state index contributed by atoms with van der Waals surface area (Å²) in [5, 5.41) is 11.0. The molecule has 4 rings (SSSR count). The lowest BCUT2D eigenvalue weighted by Gasteiger charge is -2.24. The van der Waals surface area contributed by atoms with E-state index in [4.69, 9.17) is 33.3 Å². The number of hydrazone groups is 1. The van der Waals surface area contributed by atoms with Crippen LogP contribution in [0.2, 0.25) is 10.0 Å². The number of halogens is 2. The van der Waals surface area contributed by atoms with Gasteiger partial charge in [0.05, 0.1) is 23.2 Å². The highest BCUT2D eigenvalue weighted by atomic mass is 35.5. The average molecular weight is 549 g/mol. The van der Waals surface area contributed by atoms with Gasteiger partial charge in [-0.05, 0) is 88.2 Å². The van der Waals surface area contributed by atoms with Crippen LogP contribution in [0.4, 0.5) is 0 Å². The number of sulfonamides is 1. The van der Waals surface area contributed by atoms with Crippen LogP contribution in [0.15, 0.2) is 75.2 Å². The second-order valence-corrected chi connectivity index (χ2v) is 11.8. The normalized spacial score (nSPS) is 19.2. The molecule has 0 aromatic heterocycles. The number of rotatable bonds is 6. The summed E-state index contributed by atoms with van der Waals surface area (Å²) in [7, 11) is -3.89. The predicted octanol–water partition coefficient (Wildman–Crippen LogP) is 5.07. The number of benzene rings is 2. The fourth-order valence-electron chi connectivity index (χ4n) is 4.21. The number of allylic oxidation sites excluding steroid dienone is 2. The monoisotopic (exact) mass is 547 g/mol. The van der Waals surface area contributed by atoms with Gasteiger partial charge in [0, 0.05) is 16.0 Å². The van der Waals surface area contributed by atoms with Crippen LogP contribution in [0.1, 0.15) is 38.7 Å². The molecule has 192 valence electrons. The molecule has 0 saturated carbocycles. The van der Waals surface area contributed by atoms with Gasteiger partial charge in [-0.1, -0.05) is 47.0 Å². The van der Waals surface area contributed by atoms with Gasteiger partial charge >= 0.3 is 0 Å². The zero-order chi connectivity index (χ0) is 25.7. The number of nitrogens with one attached hydrogen (secondary N) is 2. The number of nitrogens with zero attached hydrogens (tertiary/aromatic N) is 3. The van der Waals surface area contributed by atoms with E-state index in [1.54, 1.807) is 17.1 Å². The van der Waals surface area contributed by atoms with E-state index in [1.807, 2.05) is 24.3 Å². The Morgan fingerprint density at radius 1 is 1.08 bits per heavy atom. The van der Waals surface area contributed by atoms with Gasteiger partial charge in [0.15, 0.2) is 0 Å². The van der Waals surface area contributed by atoms with Gasteiger partial charge < -0.3 is 5.32 Å². The highest BCUT2D eigenvalue weighted by molar-refractivity contribution is 7.90. The van der Waals surface area contributed by atoms with Crippen molar-refractivity contribution < 1.29 is 8.42 Å². The van der Waals surface area contributed by atoms with E-state index < -0.39 is 10.0 Å². The highest BCUT2D eigenvalue weighted by Crippen LogP contribution is 2.26. The molecule has 1 atom stereocenters. The number of aliphatic imine (C=N–C) groups is 1. The van der Waals surface area contributed by atoms with Gasteiger partial charge in [-0.2, -0.15) is 5.10 Å². The second-order valence-electron chi connectivity index (χ2n) is 9.28. The third-order valence-electron chi connectivity index (χ3n) is 6.17. The Kier molecular flexibility index (Phi) is 8.72. The first-order valence-electron chi connectivity index (χ1n) is 12.0. The van der Waals surface area contributed by atoms with Crippen LogP contribution in [0.3, 0.4) is 0 Å². The van der Waals surface area contributed by atoms with Crippen molar-refractivity contribution in [3.8, 4) is 0 Å². The first-order chi connectivity index (χ1) is 17.2. The molecule has 2 aromatic carbocycles. The molecule has 0 radical (unpaired) electrons. The smallest absolute Gasteiger partial charge is 0.264 e. The molecule has 36 heavy (non-hydrogen) atoms. The fraction of sp³-hybridized carbons (Fsp3) is 0.385. The van der Waals surface area contributed by atoms with Crippen LogP contribution in [-0.4, -0.2) is 50.8 Å². The molecular weight excluding hydrogens is 517 g/mol. The predicted molar refractivity (Wildman–Crippen MR) is 147 cm³/mol. The maximum atomic E-state index is 13.3. The maximum Gasteiger partial charge on any atom is 0.264 e. The molecule has 2 N–H and O–H groups in total. The number of hydrogen-bond donors (Lipinski definition) is 2. The van der Waals surface area contributed by atoms with Gasteiger partial charge in [-0.15, -0.1) is 0 Å². The summed E-state index contributed by atoms with van der Waals surface area (Å²) in [5.74, 6) is 0.308. The zero-order valence-corrected chi connectivity index (χ0v) is 22.7. The van der Waals surface area contributed by atoms with Gasteiger partial charge in [0.1, 0.15) is 0 Å². The molecule has 2 heterocycles. The Labute approximate surface area is 223 Å². The number of piperidine rings is 1. The van der Waals surface area contributed by atoms with Crippen molar-refractivity contribution >= 4 is 44.9 Å². The van der Waals surface area contributed by atoms with Crippen LogP contribution in [0.5, 0.6) is 0 Å². The summed E-state index contributed by atoms with van der Waals surface area (Å²) in [5.41, 5.74) is 3.06. The molecule has 10 heteroatoms. The van der Waals surface area contributed by atoms with Gasteiger partial charge in [-0.3, -0.25) is 0 Å². The Morgan fingerprint density at radius 2 is 1.69 bits per heavy atom. The topological polar surface area (TPSA) is 86.2 Å². The van der Waals surface area contributed by atoms with E-state index in [-0.39, 0.29) is 22.8 Å². The van der Waals surface area contributed by atoms with Gasteiger partial charge in [-0.25, -0.2) is 23.1 Å². The average Bonchev–Trinajstić information content (AvgIpc) is 3.28. The SMILES string of the molecule is CC(C)=CCC1CN(C(=NC2CCNCC2)NS(=O)(=O)c2ccc(Cl)cc2)N=C1c1ccc(Cl)cc1. The Bertz CT molecular complexity index is 1250. The molecule has 7 nitrogen and oxygen atoms in total. The number of hydrogen-bond acceptors (Lipinski definition) is 5. The minimum absolute atomic E-state index is 0.000168. The lowest BCUT2D eigenvalue weighted by atomic mass is 9.94. The highest BCUT2D eigenvalue weighted by Gasteiger charge is 2.32. The minimum atomic E-state index is -3.89. The molecule has 2 aliphatic rings. The van der Waals surface area contributed by atoms with Gasteiger partial charge in [0.2, 0.25) is 5.96 Å². The minimum Gasteiger partial charge on any atom is -0.317 e. The standard InChI is InChI=1S/C26H31Cl2N5O2S/c1-18(2)3-4-20-17-33(31-25(20)19-5-7-21(27)8-6-19)26(30-23-13-15-29-16-14-23)32-36(34,35)24-11-9-22(28)10-12-24/h3,5-12,20,23,29H,4,13-17H2,1-2H3,(H,30,32). The zero-order valence-electron chi connectivity index (χ0n) is 20.4. The third-order valence-corrected chi connectivity index (χ3v) is 8.01. The van der Waals surface area contributed by atoms with E-state index >= 15 is 0 Å². The molecule has 0 aliphatic carbocycles. The Hall–Kier alpha value is -2.39. The summed E-state index contributed by atoms with van der Waals surface area (Å²) in [6.45, 7) is 6.32. The summed E-state index contributed by atoms with van der Waals surface area (Å²) in [4.78, 5) is 4.98. The number of guanidine groups is 1. The fourth-order valence-corrected chi connectivity index (χ4v) is 5.47. The van der Waals surface area contributed by atoms with Crippen LogP contribution in [-0.2, 0) is 10.0 Å². The summed E-state index contributed by atoms with van der Waals surface area (Å²) < 4.78 is 29.3. The lowest BCUT2D eigenvalue weighted by Crippen LogP contribution is -2.43. The molecule has 1 unspecified atom stereocenters. The molecule has 0 spiro atoms. The summed E-state index contributed by atoms with van der Waals surface area (Å²) in [6, 6.07) is 13.7. The first-order valence-corrected chi connectivity index (χ1v) is 14.3. The lowest BCUT2D eigenvalue weighted by molar-refractivity contribution is 0.415. The molecule has 1 saturated heterocycles. The largest absolute Gasteiger partial charge is 0.317 e. The molecule has 1 fully saturated rings. The van der Waals surface area contributed by atoms with E-state index in [1.165, 1.54) is 17.7 Å². The molecule has 0 bridgehead atoms. The molecule has 0 amide bonds.